The van der Waals surface area contributed by atoms with E-state index in [1.807, 2.05) is 24.3 Å². The van der Waals surface area contributed by atoms with Crippen molar-refractivity contribution in [2.24, 2.45) is 0 Å². The summed E-state index contributed by atoms with van der Waals surface area (Å²) < 4.78 is 41.0. The van der Waals surface area contributed by atoms with Crippen molar-refractivity contribution in [1.29, 1.82) is 0 Å². The van der Waals surface area contributed by atoms with Crippen molar-refractivity contribution in [2.45, 2.75) is 44.2 Å². The highest BCUT2D eigenvalue weighted by molar-refractivity contribution is 5.93. The number of epoxide rings is 3. The molecule has 3 aliphatic rings. The zero-order valence-corrected chi connectivity index (χ0v) is 23.8. The summed E-state index contributed by atoms with van der Waals surface area (Å²) in [4.78, 5) is 0. The highest BCUT2D eigenvalue weighted by atomic mass is 16.6. The first kappa shape index (κ1) is 27.3. The molecule has 3 aliphatic heterocycles. The third-order valence-corrected chi connectivity index (χ3v) is 7.77. The van der Waals surface area contributed by atoms with Crippen LogP contribution >= 0.6 is 0 Å². The molecule has 42 heavy (non-hydrogen) atoms. The third-order valence-electron chi connectivity index (χ3n) is 7.77. The van der Waals surface area contributed by atoms with Crippen molar-refractivity contribution in [3.8, 4) is 23.0 Å². The Morgan fingerprint density at radius 1 is 0.667 bits per heavy atom. The van der Waals surface area contributed by atoms with Gasteiger partial charge in [-0.25, -0.2) is 0 Å². The molecule has 0 spiro atoms. The van der Waals surface area contributed by atoms with Crippen LogP contribution in [0, 0.1) is 0 Å². The van der Waals surface area contributed by atoms with Gasteiger partial charge in [0.1, 0.15) is 61.1 Å². The molecule has 0 bridgehead atoms. The lowest BCUT2D eigenvalue weighted by Gasteiger charge is -2.19. The Kier molecular flexibility index (Phi) is 7.78. The average Bonchev–Trinajstić information content (AvgIpc) is 3.85. The lowest BCUT2D eigenvalue weighted by atomic mass is 9.93. The largest absolute Gasteiger partial charge is 0.493 e. The summed E-state index contributed by atoms with van der Waals surface area (Å²) in [6.07, 6.45) is 1.17. The SMILES string of the molecule is CC(O)CCOc1ccc2ccc(OCC3CO3)c(Cc3c(OCC4CO4)ccc4ccc(OCC5CO5)cc34)c2c1. The number of rotatable bonds is 15. The molecule has 0 saturated carbocycles. The molecule has 7 rings (SSSR count). The van der Waals surface area contributed by atoms with Gasteiger partial charge in [0.25, 0.3) is 0 Å². The molecule has 4 atom stereocenters. The van der Waals surface area contributed by atoms with Gasteiger partial charge >= 0.3 is 0 Å². The van der Waals surface area contributed by atoms with Crippen LogP contribution in [0.1, 0.15) is 24.5 Å². The van der Waals surface area contributed by atoms with Crippen molar-refractivity contribution < 1.29 is 38.3 Å². The standard InChI is InChI=1S/C34H36O8/c1-21(35)10-11-36-24-6-2-22-4-8-33(41-19-27-17-39-27)31(29(22)12-24)14-32-30-13-25(37-15-26-16-38-26)7-3-23(30)5-9-34(32)42-20-28-18-40-28/h2-9,12-13,21,26-28,35H,10-11,14-20H2,1H3. The molecule has 220 valence electrons. The Bertz CT molecular complexity index is 1550. The van der Waals surface area contributed by atoms with E-state index in [0.717, 1.165) is 75.5 Å². The molecule has 0 amide bonds. The second-order valence-corrected chi connectivity index (χ2v) is 11.3. The maximum atomic E-state index is 9.69. The van der Waals surface area contributed by atoms with E-state index < -0.39 is 6.10 Å². The molecule has 8 heteroatoms. The van der Waals surface area contributed by atoms with E-state index in [0.29, 0.717) is 39.3 Å². The van der Waals surface area contributed by atoms with Crippen LogP contribution in [0.25, 0.3) is 21.5 Å². The number of hydrogen-bond acceptors (Lipinski definition) is 8. The fraction of sp³-hybridized carbons (Fsp3) is 0.412. The van der Waals surface area contributed by atoms with Crippen molar-refractivity contribution >= 4 is 21.5 Å². The zero-order chi connectivity index (χ0) is 28.5. The van der Waals surface area contributed by atoms with Gasteiger partial charge in [-0.1, -0.05) is 24.3 Å². The Labute approximate surface area is 245 Å². The summed E-state index contributed by atoms with van der Waals surface area (Å²) in [6, 6.07) is 20.6. The second-order valence-electron chi connectivity index (χ2n) is 11.3. The van der Waals surface area contributed by atoms with Crippen molar-refractivity contribution in [3.63, 3.8) is 0 Å². The van der Waals surface area contributed by atoms with Crippen LogP contribution in [0.5, 0.6) is 23.0 Å². The monoisotopic (exact) mass is 572 g/mol. The maximum absolute atomic E-state index is 9.69. The summed E-state index contributed by atoms with van der Waals surface area (Å²) >= 11 is 0. The molecule has 4 aromatic rings. The minimum absolute atomic E-state index is 0.133. The van der Waals surface area contributed by atoms with Crippen LogP contribution in [0.3, 0.4) is 0 Å². The summed E-state index contributed by atoms with van der Waals surface area (Å²) in [5.74, 6) is 3.19. The Morgan fingerprint density at radius 2 is 1.12 bits per heavy atom. The van der Waals surface area contributed by atoms with E-state index in [-0.39, 0.29) is 18.3 Å². The molecule has 4 aromatic carbocycles. The van der Waals surface area contributed by atoms with E-state index in [1.165, 1.54) is 0 Å². The first-order chi connectivity index (χ1) is 20.6. The van der Waals surface area contributed by atoms with Gasteiger partial charge in [-0.05, 0) is 64.9 Å². The van der Waals surface area contributed by atoms with Gasteiger partial charge in [0.15, 0.2) is 0 Å². The molecule has 3 fully saturated rings. The van der Waals surface area contributed by atoms with Crippen molar-refractivity contribution in [1.82, 2.24) is 0 Å². The van der Waals surface area contributed by atoms with Crippen LogP contribution < -0.4 is 18.9 Å². The highest BCUT2D eigenvalue weighted by Crippen LogP contribution is 2.39. The summed E-state index contributed by atoms with van der Waals surface area (Å²) in [5.41, 5.74) is 2.11. The molecule has 3 heterocycles. The van der Waals surface area contributed by atoms with Crippen molar-refractivity contribution in [2.75, 3.05) is 46.2 Å². The van der Waals surface area contributed by atoms with Crippen molar-refractivity contribution in [3.05, 3.63) is 71.8 Å². The van der Waals surface area contributed by atoms with Gasteiger partial charge in [-0.2, -0.15) is 0 Å². The van der Waals surface area contributed by atoms with Gasteiger partial charge in [-0.15, -0.1) is 0 Å². The zero-order valence-electron chi connectivity index (χ0n) is 23.8. The predicted octanol–water partition coefficient (Wildman–Crippen LogP) is 5.07. The Hall–Kier alpha value is -3.56. The number of ether oxygens (including phenoxy) is 7. The van der Waals surface area contributed by atoms with E-state index in [1.54, 1.807) is 6.92 Å². The summed E-state index contributed by atoms with van der Waals surface area (Å²) in [6.45, 7) is 5.96. The number of benzene rings is 4. The number of hydrogen-bond donors (Lipinski definition) is 1. The quantitative estimate of drug-likeness (QED) is 0.198. The number of aliphatic hydroxyl groups is 1. The van der Waals surface area contributed by atoms with Crippen LogP contribution in [-0.4, -0.2) is 75.8 Å². The normalized spacial score (nSPS) is 21.2. The first-order valence-electron chi connectivity index (χ1n) is 14.7. The third kappa shape index (κ3) is 6.73. The number of fused-ring (bicyclic) bond motifs is 2. The smallest absolute Gasteiger partial charge is 0.123 e. The molecule has 4 unspecified atom stereocenters. The van der Waals surface area contributed by atoms with E-state index in [4.69, 9.17) is 33.2 Å². The lowest BCUT2D eigenvalue weighted by Crippen LogP contribution is -2.09. The molecular formula is C34H36O8. The lowest BCUT2D eigenvalue weighted by molar-refractivity contribution is 0.155. The van der Waals surface area contributed by atoms with Gasteiger partial charge in [0, 0.05) is 24.0 Å². The fourth-order valence-electron chi connectivity index (χ4n) is 5.07. The van der Waals surface area contributed by atoms with Gasteiger partial charge in [0.2, 0.25) is 0 Å². The van der Waals surface area contributed by atoms with E-state index >= 15 is 0 Å². The predicted molar refractivity (Wildman–Crippen MR) is 158 cm³/mol. The van der Waals surface area contributed by atoms with Crippen LogP contribution in [0.15, 0.2) is 60.7 Å². The first-order valence-corrected chi connectivity index (χ1v) is 14.7. The van der Waals surface area contributed by atoms with Crippen LogP contribution in [0.2, 0.25) is 0 Å². The fourth-order valence-corrected chi connectivity index (χ4v) is 5.07. The highest BCUT2D eigenvalue weighted by Gasteiger charge is 2.26. The Morgan fingerprint density at radius 3 is 1.60 bits per heavy atom. The molecule has 0 aromatic heterocycles. The Balaban J connectivity index is 1.29. The molecule has 8 nitrogen and oxygen atoms in total. The van der Waals surface area contributed by atoms with Crippen LogP contribution in [-0.2, 0) is 20.6 Å². The van der Waals surface area contributed by atoms with Gasteiger partial charge < -0.3 is 38.3 Å². The molecule has 3 saturated heterocycles. The average molecular weight is 573 g/mol. The molecule has 0 aliphatic carbocycles. The molecular weight excluding hydrogens is 536 g/mol. The van der Waals surface area contributed by atoms with Gasteiger partial charge in [0.05, 0.1) is 32.5 Å². The second kappa shape index (κ2) is 12.0. The van der Waals surface area contributed by atoms with Gasteiger partial charge in [-0.3, -0.25) is 0 Å². The van der Waals surface area contributed by atoms with Crippen LogP contribution in [0.4, 0.5) is 0 Å². The molecule has 0 radical (unpaired) electrons. The summed E-state index contributed by atoms with van der Waals surface area (Å²) in [7, 11) is 0. The van der Waals surface area contributed by atoms with E-state index in [2.05, 4.69) is 36.4 Å². The molecule has 1 N–H and O–H groups in total. The topological polar surface area (TPSA) is 94.7 Å². The minimum atomic E-state index is -0.415. The summed E-state index contributed by atoms with van der Waals surface area (Å²) in [5, 5.41) is 14.0. The minimum Gasteiger partial charge on any atom is -0.493 e. The number of aliphatic hydroxyl groups excluding tert-OH is 1. The van der Waals surface area contributed by atoms with E-state index in [9.17, 15) is 5.11 Å². The maximum Gasteiger partial charge on any atom is 0.123 e.